The van der Waals surface area contributed by atoms with Crippen LogP contribution >= 0.6 is 11.6 Å². The van der Waals surface area contributed by atoms with Crippen molar-refractivity contribution in [2.24, 2.45) is 0 Å². The number of hydrogen-bond donors (Lipinski definition) is 2. The minimum Gasteiger partial charge on any atom is -0.466 e. The van der Waals surface area contributed by atoms with Crippen molar-refractivity contribution < 1.29 is 18.7 Å². The van der Waals surface area contributed by atoms with Crippen LogP contribution in [-0.2, 0) is 9.53 Å². The van der Waals surface area contributed by atoms with Gasteiger partial charge in [-0.05, 0) is 44.2 Å². The Bertz CT molecular complexity index is 1270. The number of halogens is 2. The van der Waals surface area contributed by atoms with Gasteiger partial charge in [0, 0.05) is 62.5 Å². The minimum absolute atomic E-state index is 0.0353. The molecule has 2 N–H and O–H groups in total. The molecule has 0 radical (unpaired) electrons. The van der Waals surface area contributed by atoms with Gasteiger partial charge >= 0.3 is 0 Å². The van der Waals surface area contributed by atoms with E-state index in [2.05, 4.69) is 20.6 Å². The summed E-state index contributed by atoms with van der Waals surface area (Å²) in [5.74, 6) is -0.279. The van der Waals surface area contributed by atoms with Gasteiger partial charge in [-0.1, -0.05) is 17.7 Å². The molecule has 2 aromatic carbocycles. The monoisotopic (exact) mass is 527 g/mol. The first-order valence-corrected chi connectivity index (χ1v) is 12.6. The second kappa shape index (κ2) is 12.3. The van der Waals surface area contributed by atoms with Crippen molar-refractivity contribution in [3.05, 3.63) is 65.8 Å². The van der Waals surface area contributed by atoms with Crippen molar-refractivity contribution in [1.82, 2.24) is 14.9 Å². The molecule has 0 unspecified atom stereocenters. The van der Waals surface area contributed by atoms with E-state index in [0.29, 0.717) is 35.8 Å². The molecular formula is C27H31ClFN5O3. The summed E-state index contributed by atoms with van der Waals surface area (Å²) in [4.78, 5) is 23.3. The van der Waals surface area contributed by atoms with Gasteiger partial charge in [0.05, 0.1) is 22.8 Å². The van der Waals surface area contributed by atoms with Gasteiger partial charge in [0.15, 0.2) is 5.72 Å². The fourth-order valence-corrected chi connectivity index (χ4v) is 4.47. The first kappa shape index (κ1) is 26.8. The van der Waals surface area contributed by atoms with Crippen molar-refractivity contribution >= 4 is 39.8 Å². The van der Waals surface area contributed by atoms with E-state index >= 15 is 0 Å². The molecule has 3 aromatic rings. The number of amides is 1. The number of methoxy groups -OCH3 is 1. The van der Waals surface area contributed by atoms with Crippen molar-refractivity contribution in [3.63, 3.8) is 0 Å². The Kier molecular flexibility index (Phi) is 8.91. The quantitative estimate of drug-likeness (QED) is 0.260. The maximum atomic E-state index is 13.7. The topological polar surface area (TPSA) is 88.6 Å². The van der Waals surface area contributed by atoms with E-state index in [9.17, 15) is 9.18 Å². The third kappa shape index (κ3) is 7.15. The largest absolute Gasteiger partial charge is 0.466 e. The minimum atomic E-state index is -0.749. The third-order valence-corrected chi connectivity index (χ3v) is 6.53. The number of aromatic nitrogens is 2. The van der Waals surface area contributed by atoms with E-state index in [4.69, 9.17) is 21.1 Å². The van der Waals surface area contributed by atoms with Crippen LogP contribution in [0.5, 0.6) is 5.75 Å². The van der Waals surface area contributed by atoms with Gasteiger partial charge in [-0.15, -0.1) is 0 Å². The molecule has 1 aromatic heterocycles. The van der Waals surface area contributed by atoms with Gasteiger partial charge in [0.25, 0.3) is 0 Å². The maximum Gasteiger partial charge on any atom is 0.248 e. The predicted molar refractivity (Wildman–Crippen MR) is 144 cm³/mol. The molecule has 8 nitrogen and oxygen atoms in total. The van der Waals surface area contributed by atoms with E-state index in [1.54, 1.807) is 43.6 Å². The number of anilines is 2. The SMILES string of the molecule is COCCN(C)CC=CC(=O)Nc1cc2cncnc2cc1OC1(Nc2ccc(F)c(Cl)c2)CCCC1. The molecule has 1 aliphatic carbocycles. The van der Waals surface area contributed by atoms with Crippen LogP contribution in [0.1, 0.15) is 25.7 Å². The zero-order valence-corrected chi connectivity index (χ0v) is 21.7. The van der Waals surface area contributed by atoms with Crippen molar-refractivity contribution in [2.75, 3.05) is 44.5 Å². The number of carbonyl (C=O) groups is 1. The van der Waals surface area contributed by atoms with E-state index in [1.807, 2.05) is 11.9 Å². The number of nitrogens with one attached hydrogen (secondary N) is 2. The highest BCUT2D eigenvalue weighted by molar-refractivity contribution is 6.31. The van der Waals surface area contributed by atoms with Crippen LogP contribution in [-0.4, -0.2) is 60.4 Å². The second-order valence-electron chi connectivity index (χ2n) is 9.13. The molecule has 1 aliphatic rings. The number of likely N-dealkylation sites (N-methyl/N-ethyl adjacent to an activating group) is 1. The average Bonchev–Trinajstić information content (AvgIpc) is 3.33. The second-order valence-corrected chi connectivity index (χ2v) is 9.54. The molecule has 1 fully saturated rings. The first-order valence-electron chi connectivity index (χ1n) is 12.2. The van der Waals surface area contributed by atoms with Gasteiger partial charge in [0.1, 0.15) is 17.9 Å². The maximum absolute atomic E-state index is 13.7. The summed E-state index contributed by atoms with van der Waals surface area (Å²) >= 11 is 6.01. The van der Waals surface area contributed by atoms with Crippen LogP contribution in [0.3, 0.4) is 0 Å². The highest BCUT2D eigenvalue weighted by Crippen LogP contribution is 2.39. The third-order valence-electron chi connectivity index (χ3n) is 6.24. The number of rotatable bonds is 11. The Morgan fingerprint density at radius 3 is 2.84 bits per heavy atom. The summed E-state index contributed by atoms with van der Waals surface area (Å²) in [6.45, 7) is 1.99. The molecular weight excluding hydrogens is 497 g/mol. The van der Waals surface area contributed by atoms with Gasteiger partial charge < -0.3 is 25.0 Å². The fourth-order valence-electron chi connectivity index (χ4n) is 4.29. The van der Waals surface area contributed by atoms with E-state index in [1.165, 1.54) is 18.5 Å². The summed E-state index contributed by atoms with van der Waals surface area (Å²) in [6.07, 6.45) is 9.83. The van der Waals surface area contributed by atoms with Crippen LogP contribution in [0.4, 0.5) is 15.8 Å². The zero-order valence-electron chi connectivity index (χ0n) is 21.0. The number of fused-ring (bicyclic) bond motifs is 1. The Balaban J connectivity index is 1.57. The molecule has 0 bridgehead atoms. The number of carbonyl (C=O) groups excluding carboxylic acids is 1. The number of benzene rings is 2. The molecule has 10 heteroatoms. The first-order chi connectivity index (χ1) is 17.9. The Labute approximate surface area is 220 Å². The van der Waals surface area contributed by atoms with Crippen LogP contribution < -0.4 is 15.4 Å². The van der Waals surface area contributed by atoms with Gasteiger partial charge in [-0.2, -0.15) is 0 Å². The lowest BCUT2D eigenvalue weighted by Crippen LogP contribution is -2.41. The molecule has 37 heavy (non-hydrogen) atoms. The van der Waals surface area contributed by atoms with Crippen molar-refractivity contribution in [2.45, 2.75) is 31.4 Å². The summed E-state index contributed by atoms with van der Waals surface area (Å²) < 4.78 is 25.4. The molecule has 196 valence electrons. The van der Waals surface area contributed by atoms with Crippen molar-refractivity contribution in [3.8, 4) is 5.75 Å². The smallest absolute Gasteiger partial charge is 0.248 e. The number of nitrogens with zero attached hydrogens (tertiary/aromatic N) is 3. The van der Waals surface area contributed by atoms with Crippen LogP contribution in [0.25, 0.3) is 10.9 Å². The van der Waals surface area contributed by atoms with Crippen LogP contribution in [0.2, 0.25) is 5.02 Å². The molecule has 0 aliphatic heterocycles. The number of hydrogen-bond acceptors (Lipinski definition) is 7. The molecule has 1 heterocycles. The summed E-state index contributed by atoms with van der Waals surface area (Å²) in [5, 5.41) is 7.16. The summed E-state index contributed by atoms with van der Waals surface area (Å²) in [7, 11) is 3.62. The molecule has 4 rings (SSSR count). The van der Waals surface area contributed by atoms with Gasteiger partial charge in [-0.25, -0.2) is 14.4 Å². The molecule has 0 atom stereocenters. The summed E-state index contributed by atoms with van der Waals surface area (Å²) in [6, 6.07) is 8.11. The Morgan fingerprint density at radius 1 is 1.27 bits per heavy atom. The molecule has 0 spiro atoms. The highest BCUT2D eigenvalue weighted by atomic mass is 35.5. The Hall–Kier alpha value is -3.27. The lowest BCUT2D eigenvalue weighted by atomic mass is 10.1. The average molecular weight is 528 g/mol. The lowest BCUT2D eigenvalue weighted by Gasteiger charge is -2.33. The molecule has 1 amide bonds. The van der Waals surface area contributed by atoms with Gasteiger partial charge in [0.2, 0.25) is 5.91 Å². The molecule has 1 saturated carbocycles. The lowest BCUT2D eigenvalue weighted by molar-refractivity contribution is -0.112. The van der Waals surface area contributed by atoms with Gasteiger partial charge in [-0.3, -0.25) is 4.79 Å². The standard InChI is InChI=1S/C27H31ClFN5O3/c1-34(12-13-36-2)11-5-6-26(35)32-24-14-19-17-30-18-31-23(19)16-25(24)37-27(9-3-4-10-27)33-20-7-8-22(29)21(28)15-20/h5-8,14-18,33H,3-4,9-13H2,1-2H3,(H,32,35). The van der Waals surface area contributed by atoms with Crippen LogP contribution in [0, 0.1) is 5.82 Å². The number of ether oxygens (including phenoxy) is 2. The fraction of sp³-hybridized carbons (Fsp3) is 0.370. The predicted octanol–water partition coefficient (Wildman–Crippen LogP) is 5.26. The highest BCUT2D eigenvalue weighted by Gasteiger charge is 2.37. The van der Waals surface area contributed by atoms with Crippen molar-refractivity contribution in [1.29, 1.82) is 0 Å². The van der Waals surface area contributed by atoms with E-state index in [0.717, 1.165) is 37.6 Å². The molecule has 0 saturated heterocycles. The zero-order chi connectivity index (χ0) is 26.3. The van der Waals surface area contributed by atoms with E-state index in [-0.39, 0.29) is 10.9 Å². The normalized spacial score (nSPS) is 14.9. The summed E-state index contributed by atoms with van der Waals surface area (Å²) in [5.41, 5.74) is 1.11. The Morgan fingerprint density at radius 2 is 2.08 bits per heavy atom. The van der Waals surface area contributed by atoms with Crippen LogP contribution in [0.15, 0.2) is 55.0 Å². The van der Waals surface area contributed by atoms with E-state index < -0.39 is 11.5 Å².